The van der Waals surface area contributed by atoms with Crippen LogP contribution in [0.2, 0.25) is 0 Å². The highest BCUT2D eigenvalue weighted by atomic mass is 15.1. The third-order valence-electron chi connectivity index (χ3n) is 2.99. The van der Waals surface area contributed by atoms with Crippen LogP contribution >= 0.6 is 0 Å². The van der Waals surface area contributed by atoms with Crippen molar-refractivity contribution >= 4 is 0 Å². The number of hydrogen-bond donors (Lipinski definition) is 2. The summed E-state index contributed by atoms with van der Waals surface area (Å²) in [6.45, 7) is 4.68. The van der Waals surface area contributed by atoms with Crippen molar-refractivity contribution in [2.45, 2.75) is 26.2 Å². The molecule has 1 aliphatic heterocycles. The first-order valence-corrected chi connectivity index (χ1v) is 4.98. The molecule has 1 aliphatic rings. The van der Waals surface area contributed by atoms with E-state index in [-0.39, 0.29) is 0 Å². The van der Waals surface area contributed by atoms with Crippen LogP contribution in [0.5, 0.6) is 0 Å². The van der Waals surface area contributed by atoms with Crippen molar-refractivity contribution in [1.29, 1.82) is 0 Å². The quantitative estimate of drug-likeness (QED) is 0.719. The maximum Gasteiger partial charge on any atom is 0.0490 e. The monoisotopic (exact) mass is 179 g/mol. The molecule has 0 spiro atoms. The normalized spacial score (nSPS) is 21.6. The van der Waals surface area contributed by atoms with Crippen LogP contribution < -0.4 is 5.32 Å². The molecule has 3 heteroatoms. The highest BCUT2D eigenvalue weighted by Gasteiger charge is 2.27. The van der Waals surface area contributed by atoms with E-state index < -0.39 is 0 Å². The lowest BCUT2D eigenvalue weighted by molar-refractivity contribution is 0.226. The van der Waals surface area contributed by atoms with E-state index in [1.807, 2.05) is 6.20 Å². The van der Waals surface area contributed by atoms with Gasteiger partial charge in [-0.25, -0.2) is 0 Å². The molecular formula is C10H17N3. The molecule has 0 amide bonds. The molecule has 1 aromatic heterocycles. The van der Waals surface area contributed by atoms with Crippen molar-refractivity contribution in [3.05, 3.63) is 18.0 Å². The van der Waals surface area contributed by atoms with Crippen molar-refractivity contribution < 1.29 is 0 Å². The summed E-state index contributed by atoms with van der Waals surface area (Å²) in [7, 11) is 0. The SMILES string of the molecule is CC1(Cc2ccn[nH]2)CCNCC1. The fourth-order valence-corrected chi connectivity index (χ4v) is 2.05. The van der Waals surface area contributed by atoms with Crippen LogP contribution in [0.3, 0.4) is 0 Å². The van der Waals surface area contributed by atoms with Crippen LogP contribution in [0, 0.1) is 5.41 Å². The molecule has 0 aliphatic carbocycles. The smallest absolute Gasteiger partial charge is 0.0490 e. The molecule has 0 radical (unpaired) electrons. The van der Waals surface area contributed by atoms with Crippen molar-refractivity contribution in [2.24, 2.45) is 5.41 Å². The molecule has 0 aromatic carbocycles. The molecule has 1 saturated heterocycles. The Balaban J connectivity index is 1.99. The summed E-state index contributed by atoms with van der Waals surface area (Å²) in [5.41, 5.74) is 1.74. The van der Waals surface area contributed by atoms with Crippen molar-refractivity contribution in [2.75, 3.05) is 13.1 Å². The van der Waals surface area contributed by atoms with E-state index in [0.717, 1.165) is 19.5 Å². The summed E-state index contributed by atoms with van der Waals surface area (Å²) >= 11 is 0. The first-order chi connectivity index (χ1) is 6.29. The van der Waals surface area contributed by atoms with E-state index in [1.165, 1.54) is 18.5 Å². The van der Waals surface area contributed by atoms with Crippen molar-refractivity contribution in [1.82, 2.24) is 15.5 Å². The molecule has 0 bridgehead atoms. The third-order valence-corrected chi connectivity index (χ3v) is 2.99. The minimum atomic E-state index is 0.470. The Labute approximate surface area is 78.9 Å². The molecule has 72 valence electrons. The van der Waals surface area contributed by atoms with Gasteiger partial charge in [0.2, 0.25) is 0 Å². The molecule has 2 N–H and O–H groups in total. The van der Waals surface area contributed by atoms with Gasteiger partial charge >= 0.3 is 0 Å². The highest BCUT2D eigenvalue weighted by Crippen LogP contribution is 2.31. The number of aromatic amines is 1. The Morgan fingerprint density at radius 1 is 1.46 bits per heavy atom. The number of aromatic nitrogens is 2. The van der Waals surface area contributed by atoms with Gasteiger partial charge in [0.05, 0.1) is 0 Å². The zero-order valence-electron chi connectivity index (χ0n) is 8.14. The number of piperidine rings is 1. The topological polar surface area (TPSA) is 40.7 Å². The average molecular weight is 179 g/mol. The summed E-state index contributed by atoms with van der Waals surface area (Å²) in [5.74, 6) is 0. The standard InChI is InChI=1S/C10H17N3/c1-10(3-6-11-7-4-10)8-9-2-5-12-13-9/h2,5,11H,3-4,6-8H2,1H3,(H,12,13). The zero-order chi connectivity index (χ0) is 9.15. The molecule has 0 unspecified atom stereocenters. The van der Waals surface area contributed by atoms with Gasteiger partial charge in [-0.1, -0.05) is 6.92 Å². The molecule has 0 saturated carbocycles. The first-order valence-electron chi connectivity index (χ1n) is 4.98. The minimum Gasteiger partial charge on any atom is -0.317 e. The third kappa shape index (κ3) is 2.10. The zero-order valence-corrected chi connectivity index (χ0v) is 8.14. The largest absolute Gasteiger partial charge is 0.317 e. The van der Waals surface area contributed by atoms with E-state index in [0.29, 0.717) is 5.41 Å². The summed E-state index contributed by atoms with van der Waals surface area (Å²) in [6.07, 6.45) is 5.51. The maximum atomic E-state index is 3.98. The second-order valence-corrected chi connectivity index (χ2v) is 4.32. The maximum absolute atomic E-state index is 3.98. The lowest BCUT2D eigenvalue weighted by Gasteiger charge is -2.33. The Kier molecular flexibility index (Phi) is 2.36. The summed E-state index contributed by atoms with van der Waals surface area (Å²) < 4.78 is 0. The number of nitrogens with zero attached hydrogens (tertiary/aromatic N) is 1. The minimum absolute atomic E-state index is 0.470. The van der Waals surface area contributed by atoms with Gasteiger partial charge in [-0.2, -0.15) is 5.10 Å². The molecule has 1 aromatic rings. The lowest BCUT2D eigenvalue weighted by atomic mass is 9.77. The fraction of sp³-hybridized carbons (Fsp3) is 0.700. The van der Waals surface area contributed by atoms with Gasteiger partial charge in [0, 0.05) is 11.9 Å². The van der Waals surface area contributed by atoms with Gasteiger partial charge in [-0.15, -0.1) is 0 Å². The van der Waals surface area contributed by atoms with Crippen LogP contribution in [-0.4, -0.2) is 23.3 Å². The number of hydrogen-bond acceptors (Lipinski definition) is 2. The molecule has 3 nitrogen and oxygen atoms in total. The molecule has 2 rings (SSSR count). The van der Waals surface area contributed by atoms with Gasteiger partial charge < -0.3 is 5.32 Å². The van der Waals surface area contributed by atoms with E-state index >= 15 is 0 Å². The summed E-state index contributed by atoms with van der Waals surface area (Å²) in [5, 5.41) is 10.4. The van der Waals surface area contributed by atoms with Gasteiger partial charge in [0.15, 0.2) is 0 Å². The van der Waals surface area contributed by atoms with E-state index in [4.69, 9.17) is 0 Å². The van der Waals surface area contributed by atoms with Crippen LogP contribution in [-0.2, 0) is 6.42 Å². The molecule has 1 fully saturated rings. The van der Waals surface area contributed by atoms with Gasteiger partial charge in [-0.3, -0.25) is 5.10 Å². The molecule has 13 heavy (non-hydrogen) atoms. The van der Waals surface area contributed by atoms with E-state index in [1.54, 1.807) is 0 Å². The molecular weight excluding hydrogens is 162 g/mol. The highest BCUT2D eigenvalue weighted by molar-refractivity contribution is 5.02. The van der Waals surface area contributed by atoms with Crippen molar-refractivity contribution in [3.63, 3.8) is 0 Å². The summed E-state index contributed by atoms with van der Waals surface area (Å²) in [6, 6.07) is 2.08. The van der Waals surface area contributed by atoms with Crippen LogP contribution in [0.4, 0.5) is 0 Å². The lowest BCUT2D eigenvalue weighted by Crippen LogP contribution is -2.36. The number of nitrogens with one attached hydrogen (secondary N) is 2. The second-order valence-electron chi connectivity index (χ2n) is 4.32. The Bertz CT molecular complexity index is 247. The Hall–Kier alpha value is -0.830. The van der Waals surface area contributed by atoms with Gasteiger partial charge in [0.25, 0.3) is 0 Å². The van der Waals surface area contributed by atoms with Gasteiger partial charge in [-0.05, 0) is 43.8 Å². The van der Waals surface area contributed by atoms with Crippen LogP contribution in [0.15, 0.2) is 12.3 Å². The second kappa shape index (κ2) is 3.50. The van der Waals surface area contributed by atoms with Gasteiger partial charge in [0.1, 0.15) is 0 Å². The Morgan fingerprint density at radius 3 is 2.85 bits per heavy atom. The Morgan fingerprint density at radius 2 is 2.23 bits per heavy atom. The molecule has 0 atom stereocenters. The van der Waals surface area contributed by atoms with E-state index in [9.17, 15) is 0 Å². The van der Waals surface area contributed by atoms with Crippen LogP contribution in [0.1, 0.15) is 25.5 Å². The number of H-pyrrole nitrogens is 1. The average Bonchev–Trinajstić information content (AvgIpc) is 2.57. The summed E-state index contributed by atoms with van der Waals surface area (Å²) in [4.78, 5) is 0. The number of rotatable bonds is 2. The molecule has 2 heterocycles. The predicted octanol–water partition coefficient (Wildman–Crippen LogP) is 1.34. The van der Waals surface area contributed by atoms with Crippen molar-refractivity contribution in [3.8, 4) is 0 Å². The fourth-order valence-electron chi connectivity index (χ4n) is 2.05. The van der Waals surface area contributed by atoms with E-state index in [2.05, 4.69) is 28.5 Å². The first kappa shape index (κ1) is 8.75. The predicted molar refractivity (Wildman–Crippen MR) is 52.5 cm³/mol. The van der Waals surface area contributed by atoms with Crippen LogP contribution in [0.25, 0.3) is 0 Å².